The number of rotatable bonds is 10. The van der Waals surface area contributed by atoms with E-state index in [4.69, 9.17) is 30.8 Å². The van der Waals surface area contributed by atoms with Crippen molar-refractivity contribution in [2.75, 3.05) is 27.1 Å². The molecule has 0 aliphatic carbocycles. The van der Waals surface area contributed by atoms with Crippen molar-refractivity contribution in [3.63, 3.8) is 0 Å². The number of halogens is 1. The molecule has 0 aliphatic heterocycles. The summed E-state index contributed by atoms with van der Waals surface area (Å²) in [5, 5.41) is 5.48. The summed E-state index contributed by atoms with van der Waals surface area (Å²) in [6, 6.07) is 19.0. The average molecular weight is 525 g/mol. The summed E-state index contributed by atoms with van der Waals surface area (Å²) in [6.45, 7) is 0.543. The molecule has 1 heterocycles. The fraction of sp³-hybridized carbons (Fsp3) is 0.192. The largest absolute Gasteiger partial charge is 0.496 e. The molecular formula is C26H25ClN4O4S. The molecule has 3 aromatic carbocycles. The highest BCUT2D eigenvalue weighted by Gasteiger charge is 2.15. The van der Waals surface area contributed by atoms with Crippen molar-refractivity contribution in [3.8, 4) is 17.2 Å². The minimum atomic E-state index is -0.271. The first kappa shape index (κ1) is 25.4. The van der Waals surface area contributed by atoms with Crippen LogP contribution in [0.5, 0.6) is 17.2 Å². The average Bonchev–Trinajstić information content (AvgIpc) is 3.25. The van der Waals surface area contributed by atoms with Gasteiger partial charge in [0.15, 0.2) is 16.7 Å². The van der Waals surface area contributed by atoms with Gasteiger partial charge in [-0.2, -0.15) is 5.10 Å². The first-order valence-corrected chi connectivity index (χ1v) is 12.3. The van der Waals surface area contributed by atoms with Gasteiger partial charge in [-0.15, -0.1) is 0 Å². The Morgan fingerprint density at radius 3 is 2.47 bits per heavy atom. The van der Waals surface area contributed by atoms with E-state index in [1.807, 2.05) is 48.5 Å². The second kappa shape index (κ2) is 11.8. The predicted octanol–water partition coefficient (Wildman–Crippen LogP) is 5.01. The van der Waals surface area contributed by atoms with Crippen molar-refractivity contribution in [3.05, 3.63) is 76.8 Å². The van der Waals surface area contributed by atoms with Gasteiger partial charge in [-0.25, -0.2) is 10.4 Å². The van der Waals surface area contributed by atoms with Crippen molar-refractivity contribution in [2.45, 2.75) is 11.7 Å². The van der Waals surface area contributed by atoms with Gasteiger partial charge < -0.3 is 18.8 Å². The normalized spacial score (nSPS) is 11.1. The fourth-order valence-electron chi connectivity index (χ4n) is 3.60. The maximum absolute atomic E-state index is 12.5. The molecular weight excluding hydrogens is 500 g/mol. The number of hydrogen-bond donors (Lipinski definition) is 1. The molecule has 1 N–H and O–H groups in total. The summed E-state index contributed by atoms with van der Waals surface area (Å²) in [5.41, 5.74) is 5.98. The van der Waals surface area contributed by atoms with E-state index < -0.39 is 0 Å². The first-order valence-electron chi connectivity index (χ1n) is 11.0. The summed E-state index contributed by atoms with van der Waals surface area (Å²) in [6.07, 6.45) is 1.50. The van der Waals surface area contributed by atoms with Gasteiger partial charge >= 0.3 is 0 Å². The van der Waals surface area contributed by atoms with Crippen LogP contribution in [0.2, 0.25) is 5.02 Å². The monoisotopic (exact) mass is 524 g/mol. The van der Waals surface area contributed by atoms with E-state index in [0.29, 0.717) is 34.4 Å². The lowest BCUT2D eigenvalue weighted by Gasteiger charge is -2.11. The third kappa shape index (κ3) is 5.75. The van der Waals surface area contributed by atoms with E-state index in [-0.39, 0.29) is 11.7 Å². The smallest absolute Gasteiger partial charge is 0.250 e. The van der Waals surface area contributed by atoms with Gasteiger partial charge in [0.2, 0.25) is 0 Å². The molecule has 0 saturated heterocycles. The summed E-state index contributed by atoms with van der Waals surface area (Å²) in [7, 11) is 4.64. The van der Waals surface area contributed by atoms with Crippen LogP contribution < -0.4 is 19.6 Å². The number of thioether (sulfide) groups is 1. The number of imidazole rings is 1. The fourth-order valence-corrected chi connectivity index (χ4v) is 4.61. The molecule has 0 atom stereocenters. The molecule has 0 aliphatic rings. The Hall–Kier alpha value is -3.69. The highest BCUT2D eigenvalue weighted by atomic mass is 35.5. The topological polar surface area (TPSA) is 87.0 Å². The van der Waals surface area contributed by atoms with Crippen LogP contribution in [-0.4, -0.2) is 48.8 Å². The lowest BCUT2D eigenvalue weighted by Crippen LogP contribution is -2.20. The standard InChI is InChI=1S/C26H25ClN4O4S/c1-33-22-13-24(35-3)23(34-2)12-18(22)14-28-30-25(32)16-36-26-29-20-10-6-7-11-21(20)31(26)15-17-8-4-5-9-19(17)27/h4-14H,15-16H2,1-3H3,(H,30,32)/b28-14+. The molecule has 0 fully saturated rings. The van der Waals surface area contributed by atoms with Gasteiger partial charge in [-0.3, -0.25) is 4.79 Å². The van der Waals surface area contributed by atoms with Crippen LogP contribution in [0.1, 0.15) is 11.1 Å². The Morgan fingerprint density at radius 2 is 1.72 bits per heavy atom. The lowest BCUT2D eigenvalue weighted by atomic mass is 10.2. The molecule has 0 saturated carbocycles. The van der Waals surface area contributed by atoms with E-state index in [1.54, 1.807) is 33.5 Å². The highest BCUT2D eigenvalue weighted by molar-refractivity contribution is 7.99. The van der Waals surface area contributed by atoms with Gasteiger partial charge in [0.1, 0.15) is 5.75 Å². The van der Waals surface area contributed by atoms with Crippen LogP contribution in [0.15, 0.2) is 70.9 Å². The van der Waals surface area contributed by atoms with Crippen LogP contribution in [-0.2, 0) is 11.3 Å². The number of carbonyl (C=O) groups excluding carboxylic acids is 1. The van der Waals surface area contributed by atoms with E-state index >= 15 is 0 Å². The number of para-hydroxylation sites is 2. The zero-order valence-corrected chi connectivity index (χ0v) is 21.6. The number of hydrazone groups is 1. The van der Waals surface area contributed by atoms with Crippen molar-refractivity contribution in [1.82, 2.24) is 15.0 Å². The van der Waals surface area contributed by atoms with Gasteiger partial charge in [0.05, 0.1) is 50.9 Å². The van der Waals surface area contributed by atoms with Crippen molar-refractivity contribution < 1.29 is 19.0 Å². The van der Waals surface area contributed by atoms with E-state index in [1.165, 1.54) is 18.0 Å². The van der Waals surface area contributed by atoms with Crippen molar-refractivity contribution in [1.29, 1.82) is 0 Å². The maximum Gasteiger partial charge on any atom is 0.250 e. The number of amides is 1. The molecule has 36 heavy (non-hydrogen) atoms. The van der Waals surface area contributed by atoms with Crippen LogP contribution in [0.25, 0.3) is 11.0 Å². The second-order valence-corrected chi connectivity index (χ2v) is 8.94. The van der Waals surface area contributed by atoms with Gasteiger partial charge in [-0.1, -0.05) is 53.7 Å². The summed E-state index contributed by atoms with van der Waals surface area (Å²) in [4.78, 5) is 17.3. The number of benzene rings is 3. The Bertz CT molecular complexity index is 1410. The molecule has 0 bridgehead atoms. The van der Waals surface area contributed by atoms with Gasteiger partial charge in [-0.05, 0) is 29.8 Å². The molecule has 1 aromatic heterocycles. The summed E-state index contributed by atoms with van der Waals surface area (Å²) in [5.74, 6) is 1.46. The maximum atomic E-state index is 12.5. The molecule has 0 radical (unpaired) electrons. The van der Waals surface area contributed by atoms with Gasteiger partial charge in [0, 0.05) is 16.7 Å². The van der Waals surface area contributed by atoms with E-state index in [0.717, 1.165) is 21.8 Å². The Morgan fingerprint density at radius 1 is 1.03 bits per heavy atom. The number of aromatic nitrogens is 2. The van der Waals surface area contributed by atoms with Crippen LogP contribution in [0.4, 0.5) is 0 Å². The third-order valence-corrected chi connectivity index (χ3v) is 6.71. The number of fused-ring (bicyclic) bond motifs is 1. The molecule has 4 rings (SSSR count). The zero-order valence-electron chi connectivity index (χ0n) is 20.0. The number of nitrogens with zero attached hydrogens (tertiary/aromatic N) is 3. The molecule has 0 unspecified atom stereocenters. The van der Waals surface area contributed by atoms with Crippen molar-refractivity contribution >= 4 is 46.5 Å². The van der Waals surface area contributed by atoms with Crippen LogP contribution >= 0.6 is 23.4 Å². The predicted molar refractivity (Wildman–Crippen MR) is 143 cm³/mol. The van der Waals surface area contributed by atoms with E-state index in [9.17, 15) is 4.79 Å². The number of ether oxygens (including phenoxy) is 3. The summed E-state index contributed by atoms with van der Waals surface area (Å²) >= 11 is 7.73. The summed E-state index contributed by atoms with van der Waals surface area (Å²) < 4.78 is 18.1. The number of hydrogen-bond acceptors (Lipinski definition) is 7. The second-order valence-electron chi connectivity index (χ2n) is 7.59. The molecule has 10 heteroatoms. The minimum absolute atomic E-state index is 0.131. The molecule has 4 aromatic rings. The van der Waals surface area contributed by atoms with Crippen LogP contribution in [0.3, 0.4) is 0 Å². The van der Waals surface area contributed by atoms with E-state index in [2.05, 4.69) is 15.1 Å². The minimum Gasteiger partial charge on any atom is -0.496 e. The quantitative estimate of drug-likeness (QED) is 0.178. The Balaban J connectivity index is 1.46. The molecule has 8 nitrogen and oxygen atoms in total. The van der Waals surface area contributed by atoms with Crippen molar-refractivity contribution in [2.24, 2.45) is 5.10 Å². The zero-order chi connectivity index (χ0) is 25.5. The first-order chi connectivity index (χ1) is 17.5. The molecule has 186 valence electrons. The van der Waals surface area contributed by atoms with Gasteiger partial charge in [0.25, 0.3) is 5.91 Å². The number of nitrogens with one attached hydrogen (secondary N) is 1. The Kier molecular flexibility index (Phi) is 8.35. The molecule has 0 spiro atoms. The highest BCUT2D eigenvalue weighted by Crippen LogP contribution is 2.33. The number of carbonyl (C=O) groups is 1. The SMILES string of the molecule is COc1cc(OC)c(OC)cc1/C=N/NC(=O)CSc1nc2ccccc2n1Cc1ccccc1Cl. The molecule has 1 amide bonds. The Labute approximate surface area is 218 Å². The lowest BCUT2D eigenvalue weighted by molar-refractivity contribution is -0.118. The third-order valence-electron chi connectivity index (χ3n) is 5.37. The van der Waals surface area contributed by atoms with Crippen LogP contribution in [0, 0.1) is 0 Å². The number of methoxy groups -OCH3 is 3.